The number of carbonyl (C=O) groups excluding carboxylic acids is 1. The van der Waals surface area contributed by atoms with Crippen LogP contribution in [0.15, 0.2) is 0 Å². The van der Waals surface area contributed by atoms with E-state index in [0.29, 0.717) is 22.7 Å². The predicted molar refractivity (Wildman–Crippen MR) is 51.7 cm³/mol. The molecule has 13 heavy (non-hydrogen) atoms. The van der Waals surface area contributed by atoms with Gasteiger partial charge in [-0.15, -0.1) is 0 Å². The van der Waals surface area contributed by atoms with Crippen LogP contribution in [-0.2, 0) is 14.0 Å². The molecule has 0 aliphatic rings. The maximum atomic E-state index is 10.7. The Hall–Kier alpha value is -0.393. The fourth-order valence-corrected chi connectivity index (χ4v) is 1.33. The number of esters is 1. The number of nitrogens with one attached hydrogen (secondary N) is 1. The molecule has 0 aromatic heterocycles. The van der Waals surface area contributed by atoms with Crippen molar-refractivity contribution in [3.05, 3.63) is 0 Å². The van der Waals surface area contributed by atoms with Crippen LogP contribution in [0.25, 0.3) is 0 Å². The molecule has 0 rings (SSSR count). The second kappa shape index (κ2) is 9.69. The van der Waals surface area contributed by atoms with Gasteiger partial charge in [-0.25, -0.2) is 0 Å². The molecule has 0 saturated heterocycles. The summed E-state index contributed by atoms with van der Waals surface area (Å²) in [6, 6.07) is 1.09. The number of carbonyl (C=O) groups is 1. The minimum atomic E-state index is -0.161. The lowest BCUT2D eigenvalue weighted by molar-refractivity contribution is -0.140. The van der Waals surface area contributed by atoms with E-state index >= 15 is 0 Å². The predicted octanol–water partition coefficient (Wildman–Crippen LogP) is 0.213. The zero-order chi connectivity index (χ0) is 9.94. The molecule has 4 nitrogen and oxygen atoms in total. The summed E-state index contributed by atoms with van der Waals surface area (Å²) in [4.78, 5) is 10.7. The van der Waals surface area contributed by atoms with Crippen molar-refractivity contribution in [2.24, 2.45) is 0 Å². The SMILES string of the molecule is CO[Si]CCCNCCC(=O)OC. The molecule has 0 amide bonds. The molecule has 0 aromatic carbocycles. The Morgan fingerprint density at radius 2 is 2.15 bits per heavy atom. The molecule has 0 aromatic rings. The quantitative estimate of drug-likeness (QED) is 0.348. The first-order valence-corrected chi connectivity index (χ1v) is 5.46. The Kier molecular flexibility index (Phi) is 9.40. The molecule has 5 heteroatoms. The van der Waals surface area contributed by atoms with Gasteiger partial charge < -0.3 is 14.5 Å². The van der Waals surface area contributed by atoms with Crippen LogP contribution in [0.3, 0.4) is 0 Å². The van der Waals surface area contributed by atoms with Crippen molar-refractivity contribution in [3.63, 3.8) is 0 Å². The lowest BCUT2D eigenvalue weighted by Gasteiger charge is -2.02. The Morgan fingerprint density at radius 3 is 2.77 bits per heavy atom. The monoisotopic (exact) mass is 203 g/mol. The van der Waals surface area contributed by atoms with Gasteiger partial charge in [0.15, 0.2) is 0 Å². The summed E-state index contributed by atoms with van der Waals surface area (Å²) in [5.41, 5.74) is 0. The van der Waals surface area contributed by atoms with E-state index in [0.717, 1.165) is 19.0 Å². The van der Waals surface area contributed by atoms with E-state index in [1.807, 2.05) is 0 Å². The lowest BCUT2D eigenvalue weighted by Crippen LogP contribution is -2.20. The van der Waals surface area contributed by atoms with E-state index in [1.165, 1.54) is 7.11 Å². The Labute approximate surface area is 81.9 Å². The van der Waals surface area contributed by atoms with Crippen molar-refractivity contribution in [2.75, 3.05) is 27.3 Å². The molecular formula is C8H17NO3Si. The van der Waals surface area contributed by atoms with Crippen LogP contribution < -0.4 is 5.32 Å². The summed E-state index contributed by atoms with van der Waals surface area (Å²) in [6.07, 6.45) is 1.54. The van der Waals surface area contributed by atoms with Crippen LogP contribution in [0.1, 0.15) is 12.8 Å². The Bertz CT molecular complexity index is 133. The number of rotatable bonds is 8. The second-order valence-corrected chi connectivity index (χ2v) is 3.73. The van der Waals surface area contributed by atoms with Gasteiger partial charge in [0.1, 0.15) is 0 Å². The minimum Gasteiger partial charge on any atom is -0.469 e. The van der Waals surface area contributed by atoms with Gasteiger partial charge in [-0.3, -0.25) is 4.79 Å². The summed E-state index contributed by atoms with van der Waals surface area (Å²) in [5.74, 6) is -0.161. The van der Waals surface area contributed by atoms with Gasteiger partial charge in [0, 0.05) is 13.7 Å². The number of hydrogen-bond acceptors (Lipinski definition) is 4. The third kappa shape index (κ3) is 9.52. The first-order chi connectivity index (χ1) is 6.31. The highest BCUT2D eigenvalue weighted by molar-refractivity contribution is 6.26. The van der Waals surface area contributed by atoms with Crippen LogP contribution >= 0.6 is 0 Å². The van der Waals surface area contributed by atoms with Crippen molar-refractivity contribution >= 4 is 15.7 Å². The van der Waals surface area contributed by atoms with E-state index in [4.69, 9.17) is 4.43 Å². The fourth-order valence-electron chi connectivity index (χ4n) is 0.805. The number of ether oxygens (including phenoxy) is 1. The van der Waals surface area contributed by atoms with Crippen LogP contribution in [0.4, 0.5) is 0 Å². The van der Waals surface area contributed by atoms with E-state index in [1.54, 1.807) is 7.11 Å². The van der Waals surface area contributed by atoms with Gasteiger partial charge in [0.05, 0.1) is 13.5 Å². The topological polar surface area (TPSA) is 47.6 Å². The average Bonchev–Trinajstić information content (AvgIpc) is 2.16. The van der Waals surface area contributed by atoms with E-state index in [2.05, 4.69) is 10.1 Å². The van der Waals surface area contributed by atoms with Crippen LogP contribution in [-0.4, -0.2) is 43.0 Å². The van der Waals surface area contributed by atoms with Crippen LogP contribution in [0.5, 0.6) is 0 Å². The van der Waals surface area contributed by atoms with Crippen molar-refractivity contribution < 1.29 is 14.0 Å². The third-order valence-corrected chi connectivity index (χ3v) is 2.36. The molecule has 0 atom stereocenters. The molecular weight excluding hydrogens is 186 g/mol. The summed E-state index contributed by atoms with van der Waals surface area (Å²) >= 11 is 0. The maximum Gasteiger partial charge on any atom is 0.306 e. The zero-order valence-corrected chi connectivity index (χ0v) is 9.26. The molecule has 76 valence electrons. The highest BCUT2D eigenvalue weighted by Gasteiger charge is 1.97. The van der Waals surface area contributed by atoms with E-state index in [-0.39, 0.29) is 5.97 Å². The fraction of sp³-hybridized carbons (Fsp3) is 0.875. The van der Waals surface area contributed by atoms with Gasteiger partial charge in [0.25, 0.3) is 0 Å². The summed E-state index contributed by atoms with van der Waals surface area (Å²) < 4.78 is 9.43. The molecule has 0 heterocycles. The molecule has 2 radical (unpaired) electrons. The van der Waals surface area contributed by atoms with Gasteiger partial charge in [0.2, 0.25) is 9.76 Å². The van der Waals surface area contributed by atoms with E-state index in [9.17, 15) is 4.79 Å². The molecule has 0 unspecified atom stereocenters. The van der Waals surface area contributed by atoms with Crippen molar-refractivity contribution in [3.8, 4) is 0 Å². The van der Waals surface area contributed by atoms with Gasteiger partial charge in [-0.05, 0) is 19.0 Å². The van der Waals surface area contributed by atoms with Crippen molar-refractivity contribution in [1.29, 1.82) is 0 Å². The van der Waals surface area contributed by atoms with Crippen LogP contribution in [0, 0.1) is 0 Å². The van der Waals surface area contributed by atoms with Crippen molar-refractivity contribution in [2.45, 2.75) is 18.9 Å². The normalized spacial score (nSPS) is 10.0. The van der Waals surface area contributed by atoms with Crippen molar-refractivity contribution in [1.82, 2.24) is 5.32 Å². The Morgan fingerprint density at radius 1 is 1.38 bits per heavy atom. The highest BCUT2D eigenvalue weighted by atomic mass is 28.2. The molecule has 0 saturated carbocycles. The Balaban J connectivity index is 2.95. The minimum absolute atomic E-state index is 0.161. The zero-order valence-electron chi connectivity index (χ0n) is 8.26. The summed E-state index contributed by atoms with van der Waals surface area (Å²) in [5, 5.41) is 3.16. The standard InChI is InChI=1S/C8H17NO3Si/c1-11-8(10)4-6-9-5-3-7-13-12-2/h9H,3-7H2,1-2H3. The first-order valence-electron chi connectivity index (χ1n) is 4.34. The van der Waals surface area contributed by atoms with Gasteiger partial charge in [-0.2, -0.15) is 0 Å². The molecule has 0 spiro atoms. The summed E-state index contributed by atoms with van der Waals surface area (Å²) in [6.45, 7) is 1.64. The van der Waals surface area contributed by atoms with E-state index < -0.39 is 0 Å². The first kappa shape index (κ1) is 12.6. The maximum absolute atomic E-state index is 10.7. The molecule has 0 aliphatic heterocycles. The third-order valence-electron chi connectivity index (χ3n) is 1.51. The van der Waals surface area contributed by atoms with Gasteiger partial charge >= 0.3 is 5.97 Å². The molecule has 0 bridgehead atoms. The molecule has 1 N–H and O–H groups in total. The second-order valence-electron chi connectivity index (χ2n) is 2.53. The summed E-state index contributed by atoms with van der Waals surface area (Å²) in [7, 11) is 3.71. The molecule has 0 aliphatic carbocycles. The number of methoxy groups -OCH3 is 1. The number of hydrogen-bond donors (Lipinski definition) is 1. The molecule has 0 fully saturated rings. The smallest absolute Gasteiger partial charge is 0.306 e. The average molecular weight is 203 g/mol. The highest BCUT2D eigenvalue weighted by Crippen LogP contribution is 1.87. The lowest BCUT2D eigenvalue weighted by atomic mass is 10.4. The largest absolute Gasteiger partial charge is 0.469 e. The van der Waals surface area contributed by atoms with Gasteiger partial charge in [-0.1, -0.05) is 0 Å². The van der Waals surface area contributed by atoms with Crippen LogP contribution in [0.2, 0.25) is 6.04 Å².